The average molecular weight is 225 g/mol. The van der Waals surface area contributed by atoms with Gasteiger partial charge in [0.05, 0.1) is 0 Å². The zero-order valence-corrected chi connectivity index (χ0v) is 9.67. The van der Waals surface area contributed by atoms with E-state index in [0.29, 0.717) is 6.04 Å². The predicted octanol–water partition coefficient (Wildman–Crippen LogP) is 2.37. The van der Waals surface area contributed by atoms with Crippen molar-refractivity contribution >= 4 is 11.6 Å². The summed E-state index contributed by atoms with van der Waals surface area (Å²) in [6.45, 7) is 2.27. The van der Waals surface area contributed by atoms with E-state index in [1.165, 1.54) is 12.0 Å². The average Bonchev–Trinajstić information content (AvgIpc) is 2.92. The van der Waals surface area contributed by atoms with Crippen LogP contribution in [0.4, 0.5) is 0 Å². The Hall–Kier alpha value is -0.570. The van der Waals surface area contributed by atoms with Crippen molar-refractivity contribution in [3.8, 4) is 0 Å². The van der Waals surface area contributed by atoms with Gasteiger partial charge in [0.15, 0.2) is 0 Å². The lowest BCUT2D eigenvalue weighted by Crippen LogP contribution is -2.38. The van der Waals surface area contributed by atoms with Crippen LogP contribution in [0.25, 0.3) is 0 Å². The molecule has 0 aliphatic heterocycles. The van der Waals surface area contributed by atoms with Crippen molar-refractivity contribution in [2.75, 3.05) is 0 Å². The van der Waals surface area contributed by atoms with Crippen LogP contribution in [0.5, 0.6) is 0 Å². The Bertz CT molecular complexity index is 340. The van der Waals surface area contributed by atoms with E-state index in [-0.39, 0.29) is 0 Å². The minimum absolute atomic E-state index is 0.387. The van der Waals surface area contributed by atoms with Crippen LogP contribution < -0.4 is 11.3 Å². The molecule has 82 valence electrons. The molecular weight excluding hydrogens is 208 g/mol. The van der Waals surface area contributed by atoms with Gasteiger partial charge in [-0.15, -0.1) is 0 Å². The highest BCUT2D eigenvalue weighted by Crippen LogP contribution is 2.41. The SMILES string of the molecule is CC1CC1C(Cc1cccc(Cl)c1)NN. The minimum Gasteiger partial charge on any atom is -0.271 e. The highest BCUT2D eigenvalue weighted by Gasteiger charge is 2.38. The fourth-order valence-electron chi connectivity index (χ4n) is 2.16. The summed E-state index contributed by atoms with van der Waals surface area (Å²) in [5.41, 5.74) is 4.17. The molecule has 2 nitrogen and oxygen atoms in total. The molecule has 1 aliphatic carbocycles. The van der Waals surface area contributed by atoms with Crippen LogP contribution in [0.3, 0.4) is 0 Å². The highest BCUT2D eigenvalue weighted by atomic mass is 35.5. The summed E-state index contributed by atoms with van der Waals surface area (Å²) < 4.78 is 0. The molecule has 1 aromatic carbocycles. The lowest BCUT2D eigenvalue weighted by atomic mass is 10.0. The molecule has 3 unspecified atom stereocenters. The maximum absolute atomic E-state index is 5.94. The van der Waals surface area contributed by atoms with Gasteiger partial charge >= 0.3 is 0 Å². The number of hydrogen-bond acceptors (Lipinski definition) is 2. The van der Waals surface area contributed by atoms with E-state index in [1.807, 2.05) is 18.2 Å². The summed E-state index contributed by atoms with van der Waals surface area (Å²) in [6.07, 6.45) is 2.25. The molecular formula is C12H17ClN2. The van der Waals surface area contributed by atoms with Crippen LogP contribution in [0, 0.1) is 11.8 Å². The van der Waals surface area contributed by atoms with E-state index in [1.54, 1.807) is 0 Å². The smallest absolute Gasteiger partial charge is 0.0408 e. The minimum atomic E-state index is 0.387. The lowest BCUT2D eigenvalue weighted by Gasteiger charge is -2.15. The van der Waals surface area contributed by atoms with Gasteiger partial charge in [0, 0.05) is 11.1 Å². The van der Waals surface area contributed by atoms with Crippen LogP contribution in [0.2, 0.25) is 5.02 Å². The molecule has 2 rings (SSSR count). The van der Waals surface area contributed by atoms with E-state index in [4.69, 9.17) is 17.4 Å². The van der Waals surface area contributed by atoms with E-state index >= 15 is 0 Å². The van der Waals surface area contributed by atoms with E-state index in [9.17, 15) is 0 Å². The van der Waals surface area contributed by atoms with Gasteiger partial charge in [0.1, 0.15) is 0 Å². The summed E-state index contributed by atoms with van der Waals surface area (Å²) in [7, 11) is 0. The molecule has 1 saturated carbocycles. The Kier molecular flexibility index (Phi) is 3.29. The van der Waals surface area contributed by atoms with E-state index in [2.05, 4.69) is 18.4 Å². The first kappa shape index (κ1) is 10.9. The fourth-order valence-corrected chi connectivity index (χ4v) is 2.38. The van der Waals surface area contributed by atoms with Gasteiger partial charge in [-0.25, -0.2) is 0 Å². The fraction of sp³-hybridized carbons (Fsp3) is 0.500. The largest absolute Gasteiger partial charge is 0.271 e. The maximum atomic E-state index is 5.94. The molecule has 3 heteroatoms. The standard InChI is InChI=1S/C12H17ClN2/c1-8-5-11(8)12(15-14)7-9-3-2-4-10(13)6-9/h2-4,6,8,11-12,15H,5,7,14H2,1H3. The second kappa shape index (κ2) is 4.52. The predicted molar refractivity (Wildman–Crippen MR) is 63.5 cm³/mol. The molecule has 1 aliphatic rings. The van der Waals surface area contributed by atoms with Gasteiger partial charge in [0.25, 0.3) is 0 Å². The Morgan fingerprint density at radius 3 is 2.87 bits per heavy atom. The monoisotopic (exact) mass is 224 g/mol. The Morgan fingerprint density at radius 2 is 2.33 bits per heavy atom. The lowest BCUT2D eigenvalue weighted by molar-refractivity contribution is 0.454. The highest BCUT2D eigenvalue weighted by molar-refractivity contribution is 6.30. The normalized spacial score (nSPS) is 26.3. The molecule has 15 heavy (non-hydrogen) atoms. The third-order valence-corrected chi connectivity index (χ3v) is 3.48. The molecule has 3 N–H and O–H groups in total. The first-order chi connectivity index (χ1) is 7.20. The zero-order chi connectivity index (χ0) is 10.8. The molecule has 0 spiro atoms. The van der Waals surface area contributed by atoms with Crippen molar-refractivity contribution in [2.24, 2.45) is 17.7 Å². The summed E-state index contributed by atoms with van der Waals surface area (Å²) >= 11 is 5.94. The molecule has 0 heterocycles. The van der Waals surface area contributed by atoms with Gasteiger partial charge < -0.3 is 0 Å². The third kappa shape index (κ3) is 2.71. The Balaban J connectivity index is 2.00. The van der Waals surface area contributed by atoms with Crippen molar-refractivity contribution in [3.63, 3.8) is 0 Å². The number of hydrazine groups is 1. The second-order valence-electron chi connectivity index (χ2n) is 4.48. The summed E-state index contributed by atoms with van der Waals surface area (Å²) in [5, 5.41) is 0.798. The first-order valence-electron chi connectivity index (χ1n) is 5.41. The zero-order valence-electron chi connectivity index (χ0n) is 8.91. The molecule has 3 atom stereocenters. The maximum Gasteiger partial charge on any atom is 0.0408 e. The number of benzene rings is 1. The third-order valence-electron chi connectivity index (χ3n) is 3.25. The molecule has 0 aromatic heterocycles. The van der Waals surface area contributed by atoms with Crippen LogP contribution in [0.1, 0.15) is 18.9 Å². The van der Waals surface area contributed by atoms with Crippen LogP contribution in [-0.4, -0.2) is 6.04 Å². The molecule has 0 radical (unpaired) electrons. The Labute approximate surface area is 95.8 Å². The second-order valence-corrected chi connectivity index (χ2v) is 4.92. The van der Waals surface area contributed by atoms with E-state index in [0.717, 1.165) is 23.3 Å². The Morgan fingerprint density at radius 1 is 1.60 bits per heavy atom. The van der Waals surface area contributed by atoms with Gasteiger partial charge in [-0.2, -0.15) is 0 Å². The van der Waals surface area contributed by atoms with Crippen molar-refractivity contribution in [1.82, 2.24) is 5.43 Å². The summed E-state index contributed by atoms with van der Waals surface area (Å²) in [5.74, 6) is 7.12. The number of halogens is 1. The quantitative estimate of drug-likeness (QED) is 0.609. The van der Waals surface area contributed by atoms with Gasteiger partial charge in [0.2, 0.25) is 0 Å². The van der Waals surface area contributed by atoms with Gasteiger partial charge in [-0.3, -0.25) is 11.3 Å². The number of rotatable bonds is 4. The molecule has 1 aromatic rings. The van der Waals surface area contributed by atoms with Crippen molar-refractivity contribution < 1.29 is 0 Å². The molecule has 1 fully saturated rings. The summed E-state index contributed by atoms with van der Waals surface area (Å²) in [6, 6.07) is 8.39. The topological polar surface area (TPSA) is 38.0 Å². The van der Waals surface area contributed by atoms with Crippen LogP contribution in [0.15, 0.2) is 24.3 Å². The van der Waals surface area contributed by atoms with Crippen molar-refractivity contribution in [2.45, 2.75) is 25.8 Å². The molecule has 0 saturated heterocycles. The van der Waals surface area contributed by atoms with E-state index < -0.39 is 0 Å². The summed E-state index contributed by atoms with van der Waals surface area (Å²) in [4.78, 5) is 0. The van der Waals surface area contributed by atoms with Crippen molar-refractivity contribution in [3.05, 3.63) is 34.9 Å². The molecule has 0 amide bonds. The first-order valence-corrected chi connectivity index (χ1v) is 5.79. The van der Waals surface area contributed by atoms with Crippen LogP contribution >= 0.6 is 11.6 Å². The number of hydrogen-bond donors (Lipinski definition) is 2. The molecule has 0 bridgehead atoms. The number of nitrogens with one attached hydrogen (secondary N) is 1. The number of nitrogens with two attached hydrogens (primary N) is 1. The van der Waals surface area contributed by atoms with Gasteiger partial charge in [-0.1, -0.05) is 30.7 Å². The van der Waals surface area contributed by atoms with Crippen LogP contribution in [-0.2, 0) is 6.42 Å². The van der Waals surface area contributed by atoms with Gasteiger partial charge in [-0.05, 0) is 42.4 Å². The van der Waals surface area contributed by atoms with Crippen molar-refractivity contribution in [1.29, 1.82) is 0 Å².